The molecular weight excluding hydrogens is 334 g/mol. The minimum absolute atomic E-state index is 0.0995. The number of carbonyl (C=O) groups is 1. The number of piperidine rings is 1. The Balaban J connectivity index is 1.52. The Morgan fingerprint density at radius 1 is 1.48 bits per heavy atom. The van der Waals surface area contributed by atoms with Gasteiger partial charge in [-0.2, -0.15) is 0 Å². The van der Waals surface area contributed by atoms with Crippen LogP contribution in [0.1, 0.15) is 23.3 Å². The topological polar surface area (TPSA) is 58.4 Å². The highest BCUT2D eigenvalue weighted by atomic mass is 79.9. The average molecular weight is 350 g/mol. The largest absolute Gasteiger partial charge is 0.461 e. The summed E-state index contributed by atoms with van der Waals surface area (Å²) >= 11 is 3.41. The highest BCUT2D eigenvalue weighted by Gasteiger charge is 2.33. The maximum Gasteiger partial charge on any atom is 0.270 e. The predicted molar refractivity (Wildman–Crippen MR) is 82.1 cm³/mol. The van der Waals surface area contributed by atoms with E-state index in [0.717, 1.165) is 28.7 Å². The van der Waals surface area contributed by atoms with Gasteiger partial charge in [0.15, 0.2) is 5.58 Å². The number of pyridine rings is 1. The number of hydrogen-bond donors (Lipinski definition) is 1. The summed E-state index contributed by atoms with van der Waals surface area (Å²) in [4.78, 5) is 19.0. The first kappa shape index (κ1) is 13.3. The van der Waals surface area contributed by atoms with Gasteiger partial charge in [0.2, 0.25) is 0 Å². The van der Waals surface area contributed by atoms with Gasteiger partial charge in [0, 0.05) is 24.5 Å². The lowest BCUT2D eigenvalue weighted by atomic mass is 9.97. The molecule has 2 aromatic rings. The minimum atomic E-state index is -0.0995. The molecule has 0 aliphatic carbocycles. The van der Waals surface area contributed by atoms with Crippen molar-refractivity contribution in [3.05, 3.63) is 28.7 Å². The summed E-state index contributed by atoms with van der Waals surface area (Å²) in [5.74, 6) is 0.639. The molecule has 4 rings (SSSR count). The average Bonchev–Trinajstić information content (AvgIpc) is 3.02. The molecule has 0 saturated carbocycles. The first-order valence-electron chi connectivity index (χ1n) is 7.25. The lowest BCUT2D eigenvalue weighted by Crippen LogP contribution is -2.47. The highest BCUT2D eigenvalue weighted by molar-refractivity contribution is 9.10. The highest BCUT2D eigenvalue weighted by Crippen LogP contribution is 2.28. The maximum atomic E-state index is 12.4. The zero-order valence-corrected chi connectivity index (χ0v) is 13.1. The minimum Gasteiger partial charge on any atom is -0.461 e. The molecule has 2 bridgehead atoms. The number of rotatable bonds is 2. The third-order valence-electron chi connectivity index (χ3n) is 4.45. The molecule has 2 fully saturated rings. The molecule has 6 heteroatoms. The van der Waals surface area contributed by atoms with E-state index in [1.807, 2.05) is 0 Å². The van der Waals surface area contributed by atoms with Crippen molar-refractivity contribution in [1.29, 1.82) is 0 Å². The number of fused-ring (bicyclic) bond motifs is 3. The van der Waals surface area contributed by atoms with Crippen molar-refractivity contribution in [2.24, 2.45) is 5.92 Å². The van der Waals surface area contributed by atoms with Crippen LogP contribution in [0, 0.1) is 5.92 Å². The van der Waals surface area contributed by atoms with Gasteiger partial charge in [0.05, 0.1) is 10.7 Å². The Morgan fingerprint density at radius 3 is 3.24 bits per heavy atom. The fourth-order valence-corrected chi connectivity index (χ4v) is 3.85. The molecule has 3 atom stereocenters. The summed E-state index contributed by atoms with van der Waals surface area (Å²) in [5.41, 5.74) is 1.12. The van der Waals surface area contributed by atoms with Crippen molar-refractivity contribution in [3.8, 4) is 0 Å². The normalized spacial score (nSPS) is 28.0. The van der Waals surface area contributed by atoms with Crippen molar-refractivity contribution >= 4 is 32.8 Å². The Bertz CT molecular complexity index is 687. The molecule has 21 heavy (non-hydrogen) atoms. The van der Waals surface area contributed by atoms with Gasteiger partial charge in [-0.25, -0.2) is 4.98 Å². The Morgan fingerprint density at radius 2 is 2.38 bits per heavy atom. The van der Waals surface area contributed by atoms with Crippen LogP contribution in [0.3, 0.4) is 0 Å². The van der Waals surface area contributed by atoms with Crippen LogP contribution < -0.4 is 5.32 Å². The van der Waals surface area contributed by atoms with E-state index in [2.05, 4.69) is 31.1 Å². The van der Waals surface area contributed by atoms with Crippen LogP contribution in [-0.2, 0) is 0 Å². The number of hydrogen-bond acceptors (Lipinski definition) is 4. The van der Waals surface area contributed by atoms with Crippen LogP contribution in [0.5, 0.6) is 0 Å². The van der Waals surface area contributed by atoms with Crippen molar-refractivity contribution < 1.29 is 9.21 Å². The SMILES string of the molecule is O=C(NC1CC2CCN(C2)C1)c1cc2c(Br)coc2cn1. The second kappa shape index (κ2) is 5.10. The zero-order valence-electron chi connectivity index (χ0n) is 11.5. The molecule has 4 heterocycles. The Hall–Kier alpha value is -1.40. The van der Waals surface area contributed by atoms with Crippen LogP contribution in [0.25, 0.3) is 11.0 Å². The number of halogens is 1. The Kier molecular flexibility index (Phi) is 3.23. The predicted octanol–water partition coefficient (Wildman–Crippen LogP) is 2.41. The summed E-state index contributed by atoms with van der Waals surface area (Å²) in [6, 6.07) is 2.01. The number of aromatic nitrogens is 1. The third kappa shape index (κ3) is 2.46. The van der Waals surface area contributed by atoms with Gasteiger partial charge in [-0.05, 0) is 47.3 Å². The van der Waals surface area contributed by atoms with E-state index in [1.165, 1.54) is 19.5 Å². The first-order valence-corrected chi connectivity index (χ1v) is 8.04. The van der Waals surface area contributed by atoms with E-state index in [4.69, 9.17) is 4.42 Å². The molecule has 5 nitrogen and oxygen atoms in total. The molecule has 0 radical (unpaired) electrons. The molecule has 1 N–H and O–H groups in total. The molecule has 1 amide bonds. The van der Waals surface area contributed by atoms with E-state index in [0.29, 0.717) is 11.3 Å². The van der Waals surface area contributed by atoms with E-state index >= 15 is 0 Å². The number of furan rings is 1. The van der Waals surface area contributed by atoms with E-state index in [9.17, 15) is 4.79 Å². The fourth-order valence-electron chi connectivity index (χ4n) is 3.45. The molecule has 2 saturated heterocycles. The van der Waals surface area contributed by atoms with Gasteiger partial charge >= 0.3 is 0 Å². The summed E-state index contributed by atoms with van der Waals surface area (Å²) in [5, 5.41) is 4.00. The maximum absolute atomic E-state index is 12.4. The van der Waals surface area contributed by atoms with Crippen LogP contribution >= 0.6 is 15.9 Å². The molecule has 110 valence electrons. The van der Waals surface area contributed by atoms with Crippen molar-refractivity contribution in [3.63, 3.8) is 0 Å². The number of nitrogens with one attached hydrogen (secondary N) is 1. The number of nitrogens with zero attached hydrogens (tertiary/aromatic N) is 2. The van der Waals surface area contributed by atoms with Crippen LogP contribution in [0.4, 0.5) is 0 Å². The molecule has 3 unspecified atom stereocenters. The summed E-state index contributed by atoms with van der Waals surface area (Å²) in [7, 11) is 0. The van der Waals surface area contributed by atoms with Gasteiger partial charge in [0.25, 0.3) is 5.91 Å². The standard InChI is InChI=1S/C15H16BrN3O2/c16-12-8-21-14-5-17-13(4-11(12)14)15(20)18-10-3-9-1-2-19(6-9)7-10/h4-5,8-10H,1-3,6-7H2,(H,18,20). The van der Waals surface area contributed by atoms with Crippen molar-refractivity contribution in [2.45, 2.75) is 18.9 Å². The second-order valence-corrected chi connectivity index (χ2v) is 6.82. The van der Waals surface area contributed by atoms with Gasteiger partial charge in [0.1, 0.15) is 12.0 Å². The summed E-state index contributed by atoms with van der Waals surface area (Å²) in [6.45, 7) is 3.32. The van der Waals surface area contributed by atoms with Crippen LogP contribution in [-0.4, -0.2) is 41.5 Å². The molecule has 2 aliphatic rings. The molecule has 2 aliphatic heterocycles. The van der Waals surface area contributed by atoms with Crippen molar-refractivity contribution in [2.75, 3.05) is 19.6 Å². The van der Waals surface area contributed by atoms with E-state index in [-0.39, 0.29) is 11.9 Å². The lowest BCUT2D eigenvalue weighted by Gasteiger charge is -2.30. The van der Waals surface area contributed by atoms with Gasteiger partial charge < -0.3 is 14.6 Å². The van der Waals surface area contributed by atoms with Gasteiger partial charge in [-0.15, -0.1) is 0 Å². The first-order chi connectivity index (χ1) is 10.2. The molecule has 2 aromatic heterocycles. The number of carbonyl (C=O) groups excluding carboxylic acids is 1. The second-order valence-electron chi connectivity index (χ2n) is 5.97. The fraction of sp³-hybridized carbons (Fsp3) is 0.467. The van der Waals surface area contributed by atoms with Crippen molar-refractivity contribution in [1.82, 2.24) is 15.2 Å². The molecular formula is C15H16BrN3O2. The molecule has 0 aromatic carbocycles. The smallest absolute Gasteiger partial charge is 0.270 e. The van der Waals surface area contributed by atoms with Gasteiger partial charge in [-0.1, -0.05) is 0 Å². The van der Waals surface area contributed by atoms with E-state index in [1.54, 1.807) is 18.5 Å². The Labute approximate surface area is 130 Å². The molecule has 0 spiro atoms. The zero-order chi connectivity index (χ0) is 14.4. The number of amides is 1. The quantitative estimate of drug-likeness (QED) is 0.904. The third-order valence-corrected chi connectivity index (χ3v) is 5.06. The van der Waals surface area contributed by atoms with Gasteiger partial charge in [-0.3, -0.25) is 4.79 Å². The lowest BCUT2D eigenvalue weighted by molar-refractivity contribution is 0.0904. The van der Waals surface area contributed by atoms with E-state index < -0.39 is 0 Å². The van der Waals surface area contributed by atoms with Crippen LogP contribution in [0.15, 0.2) is 27.4 Å². The summed E-state index contributed by atoms with van der Waals surface area (Å²) < 4.78 is 6.17. The monoisotopic (exact) mass is 349 g/mol. The summed E-state index contributed by atoms with van der Waals surface area (Å²) in [6.07, 6.45) is 5.56. The van der Waals surface area contributed by atoms with Crippen LogP contribution in [0.2, 0.25) is 0 Å².